The van der Waals surface area contributed by atoms with Crippen molar-refractivity contribution < 1.29 is 19.0 Å². The van der Waals surface area contributed by atoms with Crippen molar-refractivity contribution >= 4 is 46.0 Å². The molecule has 8 heteroatoms. The number of fused-ring (bicyclic) bond motifs is 1. The van der Waals surface area contributed by atoms with Crippen LogP contribution in [0, 0.1) is 5.82 Å². The molecule has 2 aliphatic heterocycles. The third-order valence-electron chi connectivity index (χ3n) is 4.95. The Morgan fingerprint density at radius 1 is 1.00 bits per heavy atom. The maximum atomic E-state index is 13.3. The van der Waals surface area contributed by atoms with Gasteiger partial charge in [0.25, 0.3) is 0 Å². The van der Waals surface area contributed by atoms with Crippen molar-refractivity contribution in [1.29, 1.82) is 0 Å². The number of hydrogen-bond acceptors (Lipinski definition) is 5. The van der Waals surface area contributed by atoms with Crippen LogP contribution in [0.3, 0.4) is 0 Å². The maximum Gasteiger partial charge on any atom is 0.176 e. The SMILES string of the molecule is OC1/C(=C/c2ccc3c(c2)OCCO3)SC(=Nc2ccc(F)cc2)N1c1ccc(Cl)cc1. The van der Waals surface area contributed by atoms with Gasteiger partial charge >= 0.3 is 0 Å². The van der Waals surface area contributed by atoms with E-state index in [4.69, 9.17) is 21.1 Å². The molecule has 162 valence electrons. The molecule has 1 atom stereocenters. The molecular formula is C24H18ClFN2O3S. The number of hydrogen-bond donors (Lipinski definition) is 1. The van der Waals surface area contributed by atoms with Gasteiger partial charge in [-0.05, 0) is 72.3 Å². The van der Waals surface area contributed by atoms with E-state index in [2.05, 4.69) is 4.99 Å². The molecule has 0 amide bonds. The van der Waals surface area contributed by atoms with Crippen molar-refractivity contribution in [3.8, 4) is 11.5 Å². The summed E-state index contributed by atoms with van der Waals surface area (Å²) in [5.74, 6) is 1.05. The first kappa shape index (κ1) is 20.9. The summed E-state index contributed by atoms with van der Waals surface area (Å²) in [6, 6.07) is 18.7. The van der Waals surface area contributed by atoms with Crippen molar-refractivity contribution in [1.82, 2.24) is 0 Å². The molecule has 0 spiro atoms. The number of nitrogens with zero attached hydrogens (tertiary/aromatic N) is 2. The quantitative estimate of drug-likeness (QED) is 0.522. The van der Waals surface area contributed by atoms with Crippen LogP contribution in [0.15, 0.2) is 76.6 Å². The predicted molar refractivity (Wildman–Crippen MR) is 126 cm³/mol. The van der Waals surface area contributed by atoms with Crippen LogP contribution in [-0.2, 0) is 0 Å². The number of ether oxygens (including phenoxy) is 2. The number of thioether (sulfide) groups is 1. The minimum Gasteiger partial charge on any atom is -0.486 e. The van der Waals surface area contributed by atoms with Gasteiger partial charge in [0.2, 0.25) is 0 Å². The molecule has 2 heterocycles. The third kappa shape index (κ3) is 4.32. The average molecular weight is 469 g/mol. The van der Waals surface area contributed by atoms with Gasteiger partial charge in [0, 0.05) is 15.6 Å². The van der Waals surface area contributed by atoms with Gasteiger partial charge in [0.05, 0.1) is 5.69 Å². The zero-order chi connectivity index (χ0) is 22.1. The first-order valence-electron chi connectivity index (χ1n) is 9.93. The predicted octanol–water partition coefficient (Wildman–Crippen LogP) is 5.85. The number of rotatable bonds is 3. The largest absolute Gasteiger partial charge is 0.486 e. The van der Waals surface area contributed by atoms with Crippen molar-refractivity contribution in [3.05, 3.63) is 88.0 Å². The number of aliphatic hydroxyl groups excluding tert-OH is 1. The zero-order valence-corrected chi connectivity index (χ0v) is 18.3. The van der Waals surface area contributed by atoms with E-state index in [1.54, 1.807) is 29.2 Å². The summed E-state index contributed by atoms with van der Waals surface area (Å²) in [4.78, 5) is 7.06. The topological polar surface area (TPSA) is 54.3 Å². The molecule has 2 aliphatic rings. The molecule has 32 heavy (non-hydrogen) atoms. The van der Waals surface area contributed by atoms with E-state index in [1.807, 2.05) is 36.4 Å². The highest BCUT2D eigenvalue weighted by Crippen LogP contribution is 2.41. The van der Waals surface area contributed by atoms with Crippen molar-refractivity contribution in [2.24, 2.45) is 4.99 Å². The summed E-state index contributed by atoms with van der Waals surface area (Å²) in [6.45, 7) is 1.03. The highest BCUT2D eigenvalue weighted by Gasteiger charge is 2.34. The average Bonchev–Trinajstić information content (AvgIpc) is 3.10. The highest BCUT2D eigenvalue weighted by atomic mass is 35.5. The molecule has 5 nitrogen and oxygen atoms in total. The fourth-order valence-electron chi connectivity index (χ4n) is 3.41. The maximum absolute atomic E-state index is 13.3. The minimum absolute atomic E-state index is 0.332. The second-order valence-electron chi connectivity index (χ2n) is 7.14. The number of amidine groups is 1. The summed E-state index contributed by atoms with van der Waals surface area (Å²) in [5, 5.41) is 12.3. The molecule has 3 aromatic rings. The Balaban J connectivity index is 1.52. The lowest BCUT2D eigenvalue weighted by atomic mass is 10.1. The molecule has 0 radical (unpaired) electrons. The summed E-state index contributed by atoms with van der Waals surface area (Å²) < 4.78 is 24.6. The van der Waals surface area contributed by atoms with Gasteiger partial charge in [-0.3, -0.25) is 4.90 Å². The van der Waals surface area contributed by atoms with E-state index >= 15 is 0 Å². The molecule has 3 aromatic carbocycles. The van der Waals surface area contributed by atoms with Crippen LogP contribution in [0.25, 0.3) is 6.08 Å². The van der Waals surface area contributed by atoms with Gasteiger partial charge in [-0.1, -0.05) is 29.4 Å². The van der Waals surface area contributed by atoms with Crippen LogP contribution in [-0.4, -0.2) is 29.7 Å². The lowest BCUT2D eigenvalue weighted by Gasteiger charge is -2.22. The Hall–Kier alpha value is -3.00. The zero-order valence-electron chi connectivity index (χ0n) is 16.7. The number of aliphatic imine (C=N–C) groups is 1. The molecule has 1 N–H and O–H groups in total. The smallest absolute Gasteiger partial charge is 0.176 e. The fourth-order valence-corrected chi connectivity index (χ4v) is 4.61. The molecular weight excluding hydrogens is 451 g/mol. The number of aliphatic hydroxyl groups is 1. The Bertz CT molecular complexity index is 1200. The van der Waals surface area contributed by atoms with Crippen LogP contribution in [0.1, 0.15) is 5.56 Å². The Morgan fingerprint density at radius 3 is 2.47 bits per heavy atom. The summed E-state index contributed by atoms with van der Waals surface area (Å²) in [7, 11) is 0. The van der Waals surface area contributed by atoms with E-state index in [-0.39, 0.29) is 5.82 Å². The van der Waals surface area contributed by atoms with E-state index in [0.717, 1.165) is 11.3 Å². The third-order valence-corrected chi connectivity index (χ3v) is 6.23. The van der Waals surface area contributed by atoms with Crippen LogP contribution in [0.4, 0.5) is 15.8 Å². The second kappa shape index (κ2) is 8.86. The molecule has 1 unspecified atom stereocenters. The first-order valence-corrected chi connectivity index (χ1v) is 11.1. The normalized spacial score (nSPS) is 20.2. The minimum atomic E-state index is -0.950. The molecule has 0 bridgehead atoms. The summed E-state index contributed by atoms with van der Waals surface area (Å²) >= 11 is 7.39. The van der Waals surface area contributed by atoms with Gasteiger partial charge < -0.3 is 14.6 Å². The van der Waals surface area contributed by atoms with Gasteiger partial charge in [0.15, 0.2) is 22.9 Å². The van der Waals surface area contributed by atoms with Crippen LogP contribution in [0.2, 0.25) is 5.02 Å². The molecule has 5 rings (SSSR count). The lowest BCUT2D eigenvalue weighted by molar-refractivity contribution is 0.171. The lowest BCUT2D eigenvalue weighted by Crippen LogP contribution is -2.32. The fraction of sp³-hybridized carbons (Fsp3) is 0.125. The first-order chi connectivity index (χ1) is 15.6. The van der Waals surface area contributed by atoms with E-state index < -0.39 is 6.23 Å². The molecule has 0 aliphatic carbocycles. The molecule has 0 saturated carbocycles. The summed E-state index contributed by atoms with van der Waals surface area (Å²) in [5.41, 5.74) is 2.19. The Kier molecular flexibility index (Phi) is 5.78. The van der Waals surface area contributed by atoms with E-state index in [1.165, 1.54) is 23.9 Å². The Labute approximate surface area is 193 Å². The van der Waals surface area contributed by atoms with Crippen LogP contribution < -0.4 is 14.4 Å². The van der Waals surface area contributed by atoms with Gasteiger partial charge in [-0.15, -0.1) is 0 Å². The van der Waals surface area contributed by atoms with Gasteiger partial charge in [-0.2, -0.15) is 0 Å². The molecule has 1 saturated heterocycles. The van der Waals surface area contributed by atoms with Crippen molar-refractivity contribution in [2.75, 3.05) is 18.1 Å². The number of halogens is 2. The van der Waals surface area contributed by atoms with E-state index in [9.17, 15) is 9.50 Å². The highest BCUT2D eigenvalue weighted by molar-refractivity contribution is 8.18. The second-order valence-corrected chi connectivity index (χ2v) is 8.62. The molecule has 0 aromatic heterocycles. The summed E-state index contributed by atoms with van der Waals surface area (Å²) in [6.07, 6.45) is 0.942. The number of anilines is 1. The van der Waals surface area contributed by atoms with Crippen LogP contribution >= 0.6 is 23.4 Å². The standard InChI is InChI=1S/C24H18ClFN2O3S/c25-16-2-8-19(9-3-16)28-23(29)22(32-24(28)27-18-6-4-17(26)5-7-18)14-15-1-10-20-21(13-15)31-12-11-30-20/h1-10,13-14,23,29H,11-12H2/b22-14-,27-24?. The Morgan fingerprint density at radius 2 is 1.72 bits per heavy atom. The van der Waals surface area contributed by atoms with Crippen molar-refractivity contribution in [2.45, 2.75) is 6.23 Å². The number of benzene rings is 3. The van der Waals surface area contributed by atoms with Gasteiger partial charge in [0.1, 0.15) is 19.0 Å². The monoisotopic (exact) mass is 468 g/mol. The van der Waals surface area contributed by atoms with Gasteiger partial charge in [-0.25, -0.2) is 9.38 Å². The van der Waals surface area contributed by atoms with Crippen molar-refractivity contribution in [3.63, 3.8) is 0 Å². The van der Waals surface area contributed by atoms with E-state index in [0.29, 0.717) is 45.5 Å². The van der Waals surface area contributed by atoms with Crippen LogP contribution in [0.5, 0.6) is 11.5 Å². The molecule has 1 fully saturated rings.